The highest BCUT2D eigenvalue weighted by molar-refractivity contribution is 7.89. The first-order valence-electron chi connectivity index (χ1n) is 10.1. The molecule has 0 spiro atoms. The van der Waals surface area contributed by atoms with Crippen LogP contribution in [0.5, 0.6) is 5.75 Å². The van der Waals surface area contributed by atoms with Gasteiger partial charge in [-0.05, 0) is 23.1 Å². The lowest BCUT2D eigenvalue weighted by atomic mass is 9.86. The molecule has 7 heteroatoms. The van der Waals surface area contributed by atoms with Crippen LogP contribution in [-0.2, 0) is 26.2 Å². The minimum absolute atomic E-state index is 0.00535. The fourth-order valence-corrected chi connectivity index (χ4v) is 4.74. The van der Waals surface area contributed by atoms with E-state index in [4.69, 9.17) is 10.8 Å². The lowest BCUT2D eigenvalue weighted by Crippen LogP contribution is -2.52. The minimum Gasteiger partial charge on any atom is -0.497 e. The van der Waals surface area contributed by atoms with Crippen LogP contribution in [0.15, 0.2) is 72.1 Å². The number of hydrogen-bond donors (Lipinski definition) is 0. The summed E-state index contributed by atoms with van der Waals surface area (Å²) in [7, 11) is -2.67. The molecule has 0 unspecified atom stereocenters. The molecule has 0 N–H and O–H groups in total. The van der Waals surface area contributed by atoms with Crippen molar-refractivity contribution in [1.29, 1.82) is 0 Å². The first kappa shape index (κ1) is 22.1. The van der Waals surface area contributed by atoms with E-state index in [1.807, 2.05) is 30.3 Å². The van der Waals surface area contributed by atoms with E-state index in [2.05, 4.69) is 6.58 Å². The van der Waals surface area contributed by atoms with Crippen LogP contribution in [0, 0.1) is 5.41 Å². The Kier molecular flexibility index (Phi) is 7.29. The summed E-state index contributed by atoms with van der Waals surface area (Å²) in [6.07, 6.45) is 1.41. The van der Waals surface area contributed by atoms with E-state index in [0.717, 1.165) is 9.87 Å². The molecule has 0 saturated heterocycles. The van der Waals surface area contributed by atoms with E-state index >= 15 is 0 Å². The van der Waals surface area contributed by atoms with Crippen molar-refractivity contribution < 1.29 is 24.1 Å². The summed E-state index contributed by atoms with van der Waals surface area (Å²) in [5, 5.41) is 0. The van der Waals surface area contributed by atoms with Gasteiger partial charge in [0, 0.05) is 14.0 Å². The van der Waals surface area contributed by atoms with Crippen LogP contribution in [0.2, 0.25) is 0 Å². The fourth-order valence-electron chi connectivity index (χ4n) is 3.00. The number of sulfonamides is 1. The lowest BCUT2D eigenvalue weighted by molar-refractivity contribution is -0.153. The van der Waals surface area contributed by atoms with Crippen molar-refractivity contribution in [2.45, 2.75) is 38.3 Å². The number of carbonyl (C=O) groups is 1. The van der Waals surface area contributed by atoms with Crippen molar-refractivity contribution in [3.8, 4) is 5.75 Å². The third-order valence-electron chi connectivity index (χ3n) is 4.43. The Labute approximate surface area is 180 Å². The Hall–Kier alpha value is -2.64. The molecule has 0 fully saturated rings. The predicted octanol–water partition coefficient (Wildman–Crippen LogP) is 4.03. The molecule has 0 bridgehead atoms. The van der Waals surface area contributed by atoms with Gasteiger partial charge < -0.3 is 9.47 Å². The van der Waals surface area contributed by atoms with Gasteiger partial charge in [-0.3, -0.25) is 4.79 Å². The second-order valence-corrected chi connectivity index (χ2v) is 9.42. The Balaban J connectivity index is 2.46. The number of benzene rings is 2. The van der Waals surface area contributed by atoms with Crippen LogP contribution < -0.4 is 4.74 Å². The molecule has 0 amide bonds. The molecule has 0 aliphatic rings. The first-order chi connectivity index (χ1) is 14.7. The SMILES string of the molecule is [2H]CC(C)(C)[C@@H](C(=O)OCc1ccccc1)N(CC=C)S(=O)(=O)c1cccc(OC)c1. The van der Waals surface area contributed by atoms with E-state index in [1.54, 1.807) is 26.0 Å². The molecule has 0 aromatic heterocycles. The molecule has 0 heterocycles. The summed E-state index contributed by atoms with van der Waals surface area (Å²) >= 11 is 0. The van der Waals surface area contributed by atoms with Gasteiger partial charge in [-0.2, -0.15) is 4.31 Å². The van der Waals surface area contributed by atoms with Gasteiger partial charge in [0.2, 0.25) is 10.0 Å². The van der Waals surface area contributed by atoms with Gasteiger partial charge in [-0.25, -0.2) is 8.42 Å². The van der Waals surface area contributed by atoms with Crippen LogP contribution in [0.25, 0.3) is 0 Å². The van der Waals surface area contributed by atoms with Crippen molar-refractivity contribution in [3.63, 3.8) is 0 Å². The van der Waals surface area contributed by atoms with Crippen LogP contribution >= 0.6 is 0 Å². The monoisotopic (exact) mass is 432 g/mol. The number of rotatable bonds is 9. The maximum Gasteiger partial charge on any atom is 0.325 e. The van der Waals surface area contributed by atoms with Crippen molar-refractivity contribution in [2.24, 2.45) is 5.41 Å². The zero-order valence-electron chi connectivity index (χ0n) is 18.6. The normalized spacial score (nSPS) is 13.4. The van der Waals surface area contributed by atoms with E-state index < -0.39 is 27.4 Å². The minimum atomic E-state index is -4.12. The Morgan fingerprint density at radius 1 is 1.23 bits per heavy atom. The van der Waals surface area contributed by atoms with E-state index in [9.17, 15) is 13.2 Å². The Morgan fingerprint density at radius 3 is 2.53 bits per heavy atom. The molecule has 2 aromatic carbocycles. The summed E-state index contributed by atoms with van der Waals surface area (Å²) in [6, 6.07) is 13.9. The van der Waals surface area contributed by atoms with Crippen LogP contribution in [-0.4, -0.2) is 38.4 Å². The van der Waals surface area contributed by atoms with E-state index in [0.29, 0.717) is 5.75 Å². The fraction of sp³-hybridized carbons (Fsp3) is 0.348. The summed E-state index contributed by atoms with van der Waals surface area (Å²) in [5.74, 6) is -0.336. The van der Waals surface area contributed by atoms with Gasteiger partial charge in [0.25, 0.3) is 0 Å². The molecule has 30 heavy (non-hydrogen) atoms. The molecular formula is C23H29NO5S. The van der Waals surface area contributed by atoms with E-state index in [1.165, 1.54) is 25.3 Å². The van der Waals surface area contributed by atoms with E-state index in [-0.39, 0.29) is 24.9 Å². The van der Waals surface area contributed by atoms with Crippen LogP contribution in [0.1, 0.15) is 27.7 Å². The number of carbonyl (C=O) groups excluding carboxylic acids is 1. The number of hydrogen-bond acceptors (Lipinski definition) is 5. The topological polar surface area (TPSA) is 72.9 Å². The Morgan fingerprint density at radius 2 is 1.93 bits per heavy atom. The molecule has 1 atom stereocenters. The molecule has 0 saturated carbocycles. The summed E-state index contributed by atoms with van der Waals surface area (Å²) in [4.78, 5) is 13.2. The number of methoxy groups -OCH3 is 1. The number of esters is 1. The highest BCUT2D eigenvalue weighted by Gasteiger charge is 2.43. The van der Waals surface area contributed by atoms with Crippen LogP contribution in [0.3, 0.4) is 0 Å². The molecule has 6 nitrogen and oxygen atoms in total. The zero-order valence-corrected chi connectivity index (χ0v) is 18.4. The third-order valence-corrected chi connectivity index (χ3v) is 6.26. The van der Waals surface area contributed by atoms with Crippen molar-refractivity contribution in [1.82, 2.24) is 4.31 Å². The van der Waals surface area contributed by atoms with Crippen molar-refractivity contribution >= 4 is 16.0 Å². The highest BCUT2D eigenvalue weighted by Crippen LogP contribution is 2.31. The average Bonchev–Trinajstić information content (AvgIpc) is 2.78. The predicted molar refractivity (Wildman–Crippen MR) is 117 cm³/mol. The van der Waals surface area contributed by atoms with Crippen molar-refractivity contribution in [3.05, 3.63) is 72.8 Å². The standard InChI is InChI=1S/C23H29NO5S/c1-6-15-24(30(26,27)20-14-10-13-19(16-20)28-5)21(23(2,3)4)22(25)29-17-18-11-8-7-9-12-18/h6-14,16,21H,1,15,17H2,2-5H3/t21-/m1/s1/i2D. The molecular weight excluding hydrogens is 402 g/mol. The van der Waals surface area contributed by atoms with Gasteiger partial charge in [-0.15, -0.1) is 6.58 Å². The molecule has 2 rings (SSSR count). The van der Waals surface area contributed by atoms with Crippen LogP contribution in [0.4, 0.5) is 0 Å². The summed E-state index contributed by atoms with van der Waals surface area (Å²) < 4.78 is 46.7. The quantitative estimate of drug-likeness (QED) is 0.442. The zero-order chi connectivity index (χ0) is 23.1. The first-order valence-corrected chi connectivity index (χ1v) is 10.9. The Bertz CT molecular complexity index is 992. The third kappa shape index (κ3) is 5.70. The summed E-state index contributed by atoms with van der Waals surface area (Å²) in [5.41, 5.74) is -0.230. The maximum absolute atomic E-state index is 13.5. The van der Waals surface area contributed by atoms with Gasteiger partial charge >= 0.3 is 5.97 Å². The largest absolute Gasteiger partial charge is 0.497 e. The number of nitrogens with zero attached hydrogens (tertiary/aromatic N) is 1. The number of ether oxygens (including phenoxy) is 2. The highest BCUT2D eigenvalue weighted by atomic mass is 32.2. The van der Waals surface area contributed by atoms with Gasteiger partial charge in [0.15, 0.2) is 0 Å². The molecule has 0 aliphatic heterocycles. The smallest absolute Gasteiger partial charge is 0.325 e. The van der Waals surface area contributed by atoms with Crippen molar-refractivity contribution in [2.75, 3.05) is 13.7 Å². The van der Waals surface area contributed by atoms with Gasteiger partial charge in [-0.1, -0.05) is 63.2 Å². The maximum atomic E-state index is 13.5. The average molecular weight is 433 g/mol. The second kappa shape index (κ2) is 9.91. The molecule has 2 aromatic rings. The lowest BCUT2D eigenvalue weighted by Gasteiger charge is -2.37. The van der Waals surface area contributed by atoms with Gasteiger partial charge in [0.1, 0.15) is 18.4 Å². The molecule has 0 radical (unpaired) electrons. The summed E-state index contributed by atoms with van der Waals surface area (Å²) in [6.45, 7) is 6.71. The second-order valence-electron chi connectivity index (χ2n) is 7.53. The molecule has 162 valence electrons. The van der Waals surface area contributed by atoms with Gasteiger partial charge in [0.05, 0.1) is 12.0 Å². The molecule has 0 aliphatic carbocycles.